The highest BCUT2D eigenvalue weighted by Crippen LogP contribution is 2.28. The highest BCUT2D eigenvalue weighted by atomic mass is 16.6. The lowest BCUT2D eigenvalue weighted by Crippen LogP contribution is -2.11. The van der Waals surface area contributed by atoms with Gasteiger partial charge in [-0.15, -0.1) is 0 Å². The molecule has 0 aliphatic heterocycles. The van der Waals surface area contributed by atoms with E-state index in [-0.39, 0.29) is 6.61 Å². The molecule has 3 nitrogen and oxygen atoms in total. The van der Waals surface area contributed by atoms with Gasteiger partial charge in [0.1, 0.15) is 19.0 Å². The van der Waals surface area contributed by atoms with Crippen LogP contribution in [0.3, 0.4) is 0 Å². The first-order chi connectivity index (χ1) is 8.81. The lowest BCUT2D eigenvalue weighted by atomic mass is 9.97. The van der Waals surface area contributed by atoms with E-state index in [0.29, 0.717) is 6.61 Å². The van der Waals surface area contributed by atoms with Crippen molar-refractivity contribution in [1.82, 2.24) is 0 Å². The standard InChI is InChI=1S/C15H16O3/c1-2-15(16)18-11-10-17-14-9-5-7-12-6-3-4-8-13(12)14/h2-3,5-7,9H,1,4,8,10-11H2. The van der Waals surface area contributed by atoms with Gasteiger partial charge in [-0.2, -0.15) is 0 Å². The summed E-state index contributed by atoms with van der Waals surface area (Å²) in [7, 11) is 0. The fourth-order valence-corrected chi connectivity index (χ4v) is 1.93. The molecule has 0 saturated carbocycles. The van der Waals surface area contributed by atoms with Gasteiger partial charge in [-0.3, -0.25) is 0 Å². The van der Waals surface area contributed by atoms with Crippen LogP contribution in [0.15, 0.2) is 36.9 Å². The number of benzene rings is 1. The Bertz CT molecular complexity index is 475. The molecule has 0 aromatic heterocycles. The molecule has 1 aliphatic rings. The van der Waals surface area contributed by atoms with E-state index in [0.717, 1.165) is 24.7 Å². The molecule has 0 heterocycles. The minimum Gasteiger partial charge on any atom is -0.490 e. The van der Waals surface area contributed by atoms with Gasteiger partial charge in [0.05, 0.1) is 0 Å². The van der Waals surface area contributed by atoms with Crippen molar-refractivity contribution >= 4 is 12.0 Å². The highest BCUT2D eigenvalue weighted by Gasteiger charge is 2.10. The fraction of sp³-hybridized carbons (Fsp3) is 0.267. The maximum Gasteiger partial charge on any atom is 0.330 e. The van der Waals surface area contributed by atoms with E-state index in [9.17, 15) is 4.79 Å². The summed E-state index contributed by atoms with van der Waals surface area (Å²) in [5.74, 6) is 0.461. The Hall–Kier alpha value is -2.03. The Morgan fingerprint density at radius 3 is 3.11 bits per heavy atom. The number of esters is 1. The van der Waals surface area contributed by atoms with E-state index in [2.05, 4.69) is 24.8 Å². The molecular formula is C15H16O3. The molecule has 3 heteroatoms. The molecule has 0 atom stereocenters. The Balaban J connectivity index is 1.92. The number of rotatable bonds is 5. The molecule has 0 unspecified atom stereocenters. The van der Waals surface area contributed by atoms with E-state index in [1.54, 1.807) is 0 Å². The summed E-state index contributed by atoms with van der Waals surface area (Å²) in [4.78, 5) is 10.9. The number of hydrogen-bond acceptors (Lipinski definition) is 3. The average molecular weight is 244 g/mol. The summed E-state index contributed by atoms with van der Waals surface area (Å²) in [5, 5.41) is 0. The second-order valence-corrected chi connectivity index (χ2v) is 3.99. The van der Waals surface area contributed by atoms with Crippen LogP contribution in [0, 0.1) is 0 Å². The smallest absolute Gasteiger partial charge is 0.330 e. The Morgan fingerprint density at radius 1 is 1.39 bits per heavy atom. The van der Waals surface area contributed by atoms with E-state index < -0.39 is 5.97 Å². The van der Waals surface area contributed by atoms with Crippen LogP contribution < -0.4 is 4.74 Å². The largest absolute Gasteiger partial charge is 0.490 e. The number of allylic oxidation sites excluding steroid dienone is 1. The third-order valence-corrected chi connectivity index (χ3v) is 2.78. The van der Waals surface area contributed by atoms with Gasteiger partial charge < -0.3 is 9.47 Å². The maximum atomic E-state index is 10.9. The van der Waals surface area contributed by atoms with Crippen LogP contribution in [0.1, 0.15) is 17.5 Å². The monoisotopic (exact) mass is 244 g/mol. The van der Waals surface area contributed by atoms with Crippen LogP contribution in [0.25, 0.3) is 6.08 Å². The second kappa shape index (κ2) is 6.05. The molecule has 94 valence electrons. The molecule has 1 aromatic rings. The van der Waals surface area contributed by atoms with Crippen molar-refractivity contribution in [3.05, 3.63) is 48.1 Å². The zero-order valence-electron chi connectivity index (χ0n) is 10.2. The number of fused-ring (bicyclic) bond motifs is 1. The number of hydrogen-bond donors (Lipinski definition) is 0. The number of carbonyl (C=O) groups excluding carboxylic acids is 1. The minimum atomic E-state index is -0.420. The Kier molecular flexibility index (Phi) is 4.18. The van der Waals surface area contributed by atoms with Crippen molar-refractivity contribution in [3.8, 4) is 5.75 Å². The van der Waals surface area contributed by atoms with E-state index in [1.165, 1.54) is 11.1 Å². The van der Waals surface area contributed by atoms with Gasteiger partial charge in [0, 0.05) is 11.6 Å². The maximum absolute atomic E-state index is 10.9. The summed E-state index contributed by atoms with van der Waals surface area (Å²) in [5.41, 5.74) is 2.44. The molecule has 0 bridgehead atoms. The van der Waals surface area contributed by atoms with Crippen LogP contribution in [0.2, 0.25) is 0 Å². The Morgan fingerprint density at radius 2 is 2.28 bits per heavy atom. The molecule has 0 saturated heterocycles. The average Bonchev–Trinajstić information content (AvgIpc) is 2.43. The predicted octanol–water partition coefficient (Wildman–Crippen LogP) is 2.75. The van der Waals surface area contributed by atoms with Gasteiger partial charge in [0.25, 0.3) is 0 Å². The van der Waals surface area contributed by atoms with Crippen LogP contribution >= 0.6 is 0 Å². The first kappa shape index (κ1) is 12.4. The summed E-state index contributed by atoms with van der Waals surface area (Å²) in [6.07, 6.45) is 7.46. The molecule has 0 N–H and O–H groups in total. The summed E-state index contributed by atoms with van der Waals surface area (Å²) in [6, 6.07) is 6.00. The van der Waals surface area contributed by atoms with Gasteiger partial charge >= 0.3 is 5.97 Å². The fourth-order valence-electron chi connectivity index (χ4n) is 1.93. The van der Waals surface area contributed by atoms with Gasteiger partial charge in [-0.05, 0) is 24.5 Å². The SMILES string of the molecule is C=CC(=O)OCCOc1cccc2c1CCC=C2. The minimum absolute atomic E-state index is 0.240. The highest BCUT2D eigenvalue weighted by molar-refractivity contribution is 5.81. The molecule has 0 spiro atoms. The van der Waals surface area contributed by atoms with E-state index >= 15 is 0 Å². The number of carbonyl (C=O) groups is 1. The van der Waals surface area contributed by atoms with Crippen LogP contribution in [-0.2, 0) is 16.0 Å². The van der Waals surface area contributed by atoms with E-state index in [1.807, 2.05) is 12.1 Å². The third-order valence-electron chi connectivity index (χ3n) is 2.78. The van der Waals surface area contributed by atoms with Crippen molar-refractivity contribution < 1.29 is 14.3 Å². The molecule has 0 radical (unpaired) electrons. The van der Waals surface area contributed by atoms with Gasteiger partial charge in [-0.25, -0.2) is 4.79 Å². The summed E-state index contributed by atoms with van der Waals surface area (Å²) in [6.45, 7) is 3.93. The predicted molar refractivity (Wildman–Crippen MR) is 70.4 cm³/mol. The van der Waals surface area contributed by atoms with Gasteiger partial charge in [0.15, 0.2) is 0 Å². The molecular weight excluding hydrogens is 228 g/mol. The van der Waals surface area contributed by atoms with Crippen LogP contribution in [0.4, 0.5) is 0 Å². The zero-order valence-corrected chi connectivity index (χ0v) is 10.2. The normalized spacial score (nSPS) is 12.7. The molecule has 18 heavy (non-hydrogen) atoms. The second-order valence-electron chi connectivity index (χ2n) is 3.99. The van der Waals surface area contributed by atoms with Crippen molar-refractivity contribution in [2.24, 2.45) is 0 Å². The van der Waals surface area contributed by atoms with Crippen LogP contribution in [-0.4, -0.2) is 19.2 Å². The van der Waals surface area contributed by atoms with E-state index in [4.69, 9.17) is 9.47 Å². The molecule has 1 aliphatic carbocycles. The first-order valence-electron chi connectivity index (χ1n) is 6.01. The topological polar surface area (TPSA) is 35.5 Å². The first-order valence-corrected chi connectivity index (χ1v) is 6.01. The summed E-state index contributed by atoms with van der Waals surface area (Å²) >= 11 is 0. The third kappa shape index (κ3) is 3.00. The lowest BCUT2D eigenvalue weighted by molar-refractivity contribution is -0.138. The molecule has 0 fully saturated rings. The van der Waals surface area contributed by atoms with Crippen molar-refractivity contribution in [2.75, 3.05) is 13.2 Å². The molecule has 1 aromatic carbocycles. The molecule has 2 rings (SSSR count). The van der Waals surface area contributed by atoms with Crippen molar-refractivity contribution in [2.45, 2.75) is 12.8 Å². The summed E-state index contributed by atoms with van der Waals surface area (Å²) < 4.78 is 10.5. The molecule has 0 amide bonds. The van der Waals surface area contributed by atoms with Crippen molar-refractivity contribution in [1.29, 1.82) is 0 Å². The van der Waals surface area contributed by atoms with Crippen LogP contribution in [0.5, 0.6) is 5.75 Å². The van der Waals surface area contributed by atoms with Gasteiger partial charge in [-0.1, -0.05) is 30.9 Å². The quantitative estimate of drug-likeness (QED) is 0.454. The van der Waals surface area contributed by atoms with Gasteiger partial charge in [0.2, 0.25) is 0 Å². The zero-order chi connectivity index (χ0) is 12.8. The lowest BCUT2D eigenvalue weighted by Gasteiger charge is -2.16. The van der Waals surface area contributed by atoms with Crippen molar-refractivity contribution in [3.63, 3.8) is 0 Å². The number of ether oxygens (including phenoxy) is 2. The Labute approximate surface area is 107 Å².